The minimum absolute atomic E-state index is 0.0140. The van der Waals surface area contributed by atoms with Gasteiger partial charge in [-0.1, -0.05) is 6.07 Å². The van der Waals surface area contributed by atoms with Crippen LogP contribution in [0.15, 0.2) is 46.9 Å². The first-order valence-electron chi connectivity index (χ1n) is 10.6. The van der Waals surface area contributed by atoms with E-state index in [1.54, 1.807) is 36.3 Å². The number of hydrogen-bond donors (Lipinski definition) is 0. The Kier molecular flexibility index (Phi) is 6.81. The maximum Gasteiger partial charge on any atom is 0.324 e. The summed E-state index contributed by atoms with van der Waals surface area (Å²) in [4.78, 5) is 16.6. The van der Waals surface area contributed by atoms with Gasteiger partial charge in [0.1, 0.15) is 11.6 Å². The lowest BCUT2D eigenvalue weighted by molar-refractivity contribution is 0.116. The van der Waals surface area contributed by atoms with E-state index in [-0.39, 0.29) is 29.6 Å². The third-order valence-electron chi connectivity index (χ3n) is 5.50. The molecule has 0 saturated carbocycles. The molecule has 3 aromatic rings. The van der Waals surface area contributed by atoms with Gasteiger partial charge in [0.2, 0.25) is 5.89 Å². The summed E-state index contributed by atoms with van der Waals surface area (Å²) in [6.07, 6.45) is 0.0199. The average molecular weight is 460 g/mol. The minimum Gasteiger partial charge on any atom is -0.497 e. The number of nitrogens with zero attached hydrogens (tertiary/aromatic N) is 4. The van der Waals surface area contributed by atoms with Gasteiger partial charge in [0, 0.05) is 29.9 Å². The molecule has 174 valence electrons. The molecule has 1 fully saturated rings. The van der Waals surface area contributed by atoms with Crippen LogP contribution in [0.4, 0.5) is 23.7 Å². The van der Waals surface area contributed by atoms with Crippen LogP contribution in [0.1, 0.15) is 37.1 Å². The van der Waals surface area contributed by atoms with E-state index in [2.05, 4.69) is 10.2 Å². The maximum absolute atomic E-state index is 15.0. The van der Waals surface area contributed by atoms with Crippen molar-refractivity contribution in [2.24, 2.45) is 0 Å². The molecule has 0 N–H and O–H groups in total. The Morgan fingerprint density at radius 3 is 2.45 bits per heavy atom. The number of rotatable bonds is 6. The van der Waals surface area contributed by atoms with E-state index >= 15 is 0 Å². The summed E-state index contributed by atoms with van der Waals surface area (Å²) < 4.78 is 50.5. The highest BCUT2D eigenvalue weighted by Gasteiger charge is 2.25. The molecule has 1 aromatic heterocycles. The lowest BCUT2D eigenvalue weighted by Gasteiger charge is -2.33. The highest BCUT2D eigenvalue weighted by atomic mass is 19.3. The van der Waals surface area contributed by atoms with E-state index in [1.807, 2.05) is 0 Å². The maximum atomic E-state index is 15.0. The molecule has 7 nitrogen and oxygen atoms in total. The van der Waals surface area contributed by atoms with Gasteiger partial charge in [0.05, 0.1) is 13.7 Å². The monoisotopic (exact) mass is 460 g/mol. The van der Waals surface area contributed by atoms with Gasteiger partial charge >= 0.3 is 12.5 Å². The summed E-state index contributed by atoms with van der Waals surface area (Å²) in [6, 6.07) is 10.9. The highest BCUT2D eigenvalue weighted by molar-refractivity contribution is 5.92. The first-order chi connectivity index (χ1) is 16.0. The Morgan fingerprint density at radius 1 is 1.12 bits per heavy atom. The van der Waals surface area contributed by atoms with Gasteiger partial charge in [-0.05, 0) is 55.7 Å². The lowest BCUT2D eigenvalue weighted by Crippen LogP contribution is -2.45. The second-order valence-electron chi connectivity index (χ2n) is 7.67. The van der Waals surface area contributed by atoms with Crippen LogP contribution in [0.25, 0.3) is 11.5 Å². The van der Waals surface area contributed by atoms with Gasteiger partial charge in [0.15, 0.2) is 0 Å². The highest BCUT2D eigenvalue weighted by Crippen LogP contribution is 2.28. The molecule has 0 bridgehead atoms. The van der Waals surface area contributed by atoms with Crippen molar-refractivity contribution >= 4 is 11.7 Å². The number of amides is 2. The Hall–Kier alpha value is -3.56. The summed E-state index contributed by atoms with van der Waals surface area (Å²) in [5.41, 5.74) is 1.04. The number of methoxy groups -OCH3 is 1. The fourth-order valence-electron chi connectivity index (χ4n) is 3.71. The van der Waals surface area contributed by atoms with E-state index in [4.69, 9.17) is 9.15 Å². The predicted octanol–water partition coefficient (Wildman–Crippen LogP) is 5.43. The molecule has 0 atom stereocenters. The molecule has 2 amide bonds. The summed E-state index contributed by atoms with van der Waals surface area (Å²) in [6.45, 7) is 1.28. The normalized spacial score (nSPS) is 13.9. The predicted molar refractivity (Wildman–Crippen MR) is 115 cm³/mol. The third-order valence-corrected chi connectivity index (χ3v) is 5.50. The summed E-state index contributed by atoms with van der Waals surface area (Å²) in [7, 11) is 1.55. The molecule has 0 unspecified atom stereocenters. The van der Waals surface area contributed by atoms with Gasteiger partial charge in [-0.25, -0.2) is 9.18 Å². The van der Waals surface area contributed by atoms with E-state index < -0.39 is 18.1 Å². The number of benzene rings is 2. The molecular weight excluding hydrogens is 437 g/mol. The van der Waals surface area contributed by atoms with Crippen molar-refractivity contribution in [2.75, 3.05) is 25.1 Å². The van der Waals surface area contributed by atoms with Crippen molar-refractivity contribution in [3.8, 4) is 17.2 Å². The van der Waals surface area contributed by atoms with Gasteiger partial charge < -0.3 is 14.1 Å². The fraction of sp³-hybridized carbons (Fsp3) is 0.348. The van der Waals surface area contributed by atoms with Crippen LogP contribution in [0, 0.1) is 5.82 Å². The number of aromatic nitrogens is 2. The number of hydrogen-bond acceptors (Lipinski definition) is 5. The molecule has 4 rings (SSSR count). The lowest BCUT2D eigenvalue weighted by atomic mass is 10.1. The Morgan fingerprint density at radius 2 is 1.85 bits per heavy atom. The third kappa shape index (κ3) is 5.10. The fourth-order valence-corrected chi connectivity index (χ4v) is 3.71. The molecule has 0 aliphatic carbocycles. The zero-order valence-corrected chi connectivity index (χ0v) is 18.0. The van der Waals surface area contributed by atoms with E-state index in [0.717, 1.165) is 25.3 Å². The van der Waals surface area contributed by atoms with Crippen LogP contribution in [-0.2, 0) is 6.54 Å². The first-order valence-corrected chi connectivity index (χ1v) is 10.6. The number of anilines is 1. The second kappa shape index (κ2) is 9.93. The zero-order chi connectivity index (χ0) is 23.4. The molecule has 0 spiro atoms. The standard InChI is InChI=1S/C23H23F3N4O3/c1-32-18-9-7-17(8-10-18)30(23(31)29-11-3-2-4-12-29)14-16-6-5-15(13-19(16)24)21-27-28-22(33-21)20(25)26/h5-10,13,20H,2-4,11-12,14H2,1H3. The summed E-state index contributed by atoms with van der Waals surface area (Å²) >= 11 is 0. The van der Waals surface area contributed by atoms with Crippen molar-refractivity contribution in [2.45, 2.75) is 32.2 Å². The molecular formula is C23H23F3N4O3. The van der Waals surface area contributed by atoms with Crippen molar-refractivity contribution in [1.82, 2.24) is 15.1 Å². The quantitative estimate of drug-likeness (QED) is 0.490. The molecule has 1 saturated heterocycles. The summed E-state index contributed by atoms with van der Waals surface area (Å²) in [5, 5.41) is 6.81. The number of alkyl halides is 2. The van der Waals surface area contributed by atoms with Crippen molar-refractivity contribution < 1.29 is 27.1 Å². The Balaban J connectivity index is 1.61. The molecule has 1 aliphatic rings. The van der Waals surface area contributed by atoms with Crippen LogP contribution in [0.5, 0.6) is 5.75 Å². The zero-order valence-electron chi connectivity index (χ0n) is 18.0. The minimum atomic E-state index is -2.91. The largest absolute Gasteiger partial charge is 0.497 e. The second-order valence-corrected chi connectivity index (χ2v) is 7.67. The number of carbonyl (C=O) groups is 1. The molecule has 2 aromatic carbocycles. The van der Waals surface area contributed by atoms with Crippen LogP contribution < -0.4 is 9.64 Å². The van der Waals surface area contributed by atoms with E-state index in [0.29, 0.717) is 24.5 Å². The topological polar surface area (TPSA) is 71.7 Å². The summed E-state index contributed by atoms with van der Waals surface area (Å²) in [5.74, 6) is -1.00. The number of halogens is 3. The van der Waals surface area contributed by atoms with Crippen molar-refractivity contribution in [1.29, 1.82) is 0 Å². The number of likely N-dealkylation sites (tertiary alicyclic amines) is 1. The van der Waals surface area contributed by atoms with Gasteiger partial charge in [-0.2, -0.15) is 8.78 Å². The number of urea groups is 1. The Bertz CT molecular complexity index is 1100. The number of ether oxygens (including phenoxy) is 1. The number of piperidine rings is 1. The van der Waals surface area contributed by atoms with Crippen LogP contribution >= 0.6 is 0 Å². The van der Waals surface area contributed by atoms with Crippen LogP contribution in [0.3, 0.4) is 0 Å². The molecule has 10 heteroatoms. The van der Waals surface area contributed by atoms with Gasteiger partial charge in [-0.3, -0.25) is 4.90 Å². The number of carbonyl (C=O) groups excluding carboxylic acids is 1. The molecule has 2 heterocycles. The van der Waals surface area contributed by atoms with E-state index in [9.17, 15) is 18.0 Å². The molecule has 0 radical (unpaired) electrons. The molecule has 33 heavy (non-hydrogen) atoms. The van der Waals surface area contributed by atoms with Gasteiger partial charge in [-0.15, -0.1) is 10.2 Å². The van der Waals surface area contributed by atoms with Crippen molar-refractivity contribution in [3.63, 3.8) is 0 Å². The van der Waals surface area contributed by atoms with E-state index in [1.165, 1.54) is 17.0 Å². The van der Waals surface area contributed by atoms with Gasteiger partial charge in [0.25, 0.3) is 5.89 Å². The first kappa shape index (κ1) is 22.6. The smallest absolute Gasteiger partial charge is 0.324 e. The van der Waals surface area contributed by atoms with Crippen LogP contribution in [-0.4, -0.2) is 41.3 Å². The van der Waals surface area contributed by atoms with Crippen molar-refractivity contribution in [3.05, 3.63) is 59.7 Å². The van der Waals surface area contributed by atoms with Crippen LogP contribution in [0.2, 0.25) is 0 Å². The Labute approximate surface area is 188 Å². The molecule has 1 aliphatic heterocycles. The average Bonchev–Trinajstić information content (AvgIpc) is 3.34. The SMILES string of the molecule is COc1ccc(N(Cc2ccc(-c3nnc(C(F)F)o3)cc2F)C(=O)N2CCCCC2)cc1.